The second-order valence-corrected chi connectivity index (χ2v) is 6.72. The van der Waals surface area contributed by atoms with E-state index in [1.807, 2.05) is 12.1 Å². The maximum absolute atomic E-state index is 12.6. The average molecular weight is 349 g/mol. The van der Waals surface area contributed by atoms with Gasteiger partial charge >= 0.3 is 12.0 Å². The van der Waals surface area contributed by atoms with E-state index in [2.05, 4.69) is 11.4 Å². The summed E-state index contributed by atoms with van der Waals surface area (Å²) in [5.41, 5.74) is 2.83. The molecule has 1 aliphatic carbocycles. The lowest BCUT2D eigenvalue weighted by Gasteiger charge is -2.23. The lowest BCUT2D eigenvalue weighted by atomic mass is 9.92. The predicted octanol–water partition coefficient (Wildman–Crippen LogP) is 4.38. The number of hydrogen-bond donors (Lipinski definition) is 2. The third kappa shape index (κ3) is 3.56. The Morgan fingerprint density at radius 3 is 2.79 bits per heavy atom. The molecule has 0 saturated carbocycles. The van der Waals surface area contributed by atoms with Crippen molar-refractivity contribution < 1.29 is 14.7 Å². The fourth-order valence-electron chi connectivity index (χ4n) is 3.44. The van der Waals surface area contributed by atoms with E-state index in [0.29, 0.717) is 30.1 Å². The number of nitrogens with one attached hydrogen (secondary N) is 1. The number of anilines is 1. The largest absolute Gasteiger partial charge is 0.480 e. The molecule has 2 N–H and O–H groups in total. The Labute approximate surface area is 146 Å². The van der Waals surface area contributed by atoms with Crippen molar-refractivity contribution in [3.05, 3.63) is 34.9 Å². The predicted molar refractivity (Wildman–Crippen MR) is 94.3 cm³/mol. The van der Waals surface area contributed by atoms with Gasteiger partial charge in [0, 0.05) is 17.1 Å². The quantitative estimate of drug-likeness (QED) is 0.851. The number of carbonyl (C=O) groups is 2. The molecule has 0 spiro atoms. The highest BCUT2D eigenvalue weighted by molar-refractivity contribution is 6.31. The van der Waals surface area contributed by atoms with Gasteiger partial charge in [-0.2, -0.15) is 0 Å². The molecule has 2 aliphatic rings. The van der Waals surface area contributed by atoms with Crippen molar-refractivity contribution in [2.45, 2.75) is 44.6 Å². The molecule has 0 aromatic heterocycles. The van der Waals surface area contributed by atoms with Gasteiger partial charge < -0.3 is 15.3 Å². The number of aliphatic carboxylic acids is 1. The zero-order valence-corrected chi connectivity index (χ0v) is 14.2. The van der Waals surface area contributed by atoms with Gasteiger partial charge in [0.2, 0.25) is 0 Å². The Balaban J connectivity index is 1.84. The molecule has 2 amide bonds. The van der Waals surface area contributed by atoms with Crippen LogP contribution in [0, 0.1) is 0 Å². The van der Waals surface area contributed by atoms with E-state index >= 15 is 0 Å². The molecule has 6 heteroatoms. The Bertz CT molecular complexity index is 687. The normalized spacial score (nSPS) is 20.6. The first-order chi connectivity index (χ1) is 11.6. The number of amides is 2. The summed E-state index contributed by atoms with van der Waals surface area (Å²) in [4.78, 5) is 25.2. The van der Waals surface area contributed by atoms with Crippen LogP contribution in [0.3, 0.4) is 0 Å². The number of allylic oxidation sites excluding steroid dienone is 2. The topological polar surface area (TPSA) is 69.6 Å². The first-order valence-electron chi connectivity index (χ1n) is 8.35. The summed E-state index contributed by atoms with van der Waals surface area (Å²) in [5.74, 6) is -0.955. The minimum absolute atomic E-state index is 0.375. The van der Waals surface area contributed by atoms with E-state index in [-0.39, 0.29) is 6.03 Å². The van der Waals surface area contributed by atoms with Crippen LogP contribution in [0.1, 0.15) is 44.1 Å². The van der Waals surface area contributed by atoms with Gasteiger partial charge in [-0.1, -0.05) is 23.7 Å². The summed E-state index contributed by atoms with van der Waals surface area (Å²) in [6.45, 7) is 0.460. The molecular formula is C18H21ClN2O3. The number of benzene rings is 1. The van der Waals surface area contributed by atoms with Crippen LogP contribution in [0.2, 0.25) is 5.02 Å². The van der Waals surface area contributed by atoms with Gasteiger partial charge in [0.25, 0.3) is 0 Å². The zero-order chi connectivity index (χ0) is 17.1. The Morgan fingerprint density at radius 2 is 2.08 bits per heavy atom. The molecule has 1 fully saturated rings. The Morgan fingerprint density at radius 1 is 1.25 bits per heavy atom. The first kappa shape index (κ1) is 16.8. The highest BCUT2D eigenvalue weighted by atomic mass is 35.5. The van der Waals surface area contributed by atoms with E-state index in [0.717, 1.165) is 24.8 Å². The minimum Gasteiger partial charge on any atom is -0.480 e. The number of likely N-dealkylation sites (tertiary alicyclic amines) is 1. The van der Waals surface area contributed by atoms with E-state index < -0.39 is 12.0 Å². The third-order valence-corrected chi connectivity index (χ3v) is 4.89. The molecule has 1 atom stereocenters. The molecule has 1 aliphatic heterocycles. The summed E-state index contributed by atoms with van der Waals surface area (Å²) in [5, 5.41) is 12.7. The van der Waals surface area contributed by atoms with Crippen LogP contribution < -0.4 is 5.32 Å². The summed E-state index contributed by atoms with van der Waals surface area (Å²) in [7, 11) is 0. The van der Waals surface area contributed by atoms with Crippen LogP contribution in [0.15, 0.2) is 24.3 Å². The molecule has 1 heterocycles. The van der Waals surface area contributed by atoms with Crippen LogP contribution in [0.5, 0.6) is 0 Å². The van der Waals surface area contributed by atoms with E-state index in [1.54, 1.807) is 6.07 Å². The molecule has 5 nitrogen and oxygen atoms in total. The van der Waals surface area contributed by atoms with Crippen LogP contribution in [0.4, 0.5) is 10.5 Å². The molecule has 1 aromatic rings. The van der Waals surface area contributed by atoms with Crippen LogP contribution in [-0.2, 0) is 4.79 Å². The maximum Gasteiger partial charge on any atom is 0.326 e. The van der Waals surface area contributed by atoms with E-state index in [1.165, 1.54) is 16.9 Å². The van der Waals surface area contributed by atoms with Crippen molar-refractivity contribution in [1.29, 1.82) is 0 Å². The van der Waals surface area contributed by atoms with Gasteiger partial charge in [0.1, 0.15) is 6.04 Å². The first-order valence-corrected chi connectivity index (χ1v) is 8.73. The van der Waals surface area contributed by atoms with Crippen molar-refractivity contribution in [3.63, 3.8) is 0 Å². The summed E-state index contributed by atoms with van der Waals surface area (Å²) < 4.78 is 0. The van der Waals surface area contributed by atoms with Gasteiger partial charge in [0.15, 0.2) is 0 Å². The standard InChI is InChI=1S/C18H21ClN2O3/c19-13-8-9-14(12-5-2-1-3-6-12)15(11-13)20-18(24)21-10-4-7-16(21)17(22)23/h5,8-9,11,16H,1-4,6-7,10H2,(H,20,24)(H,22,23). The number of halogens is 1. The number of carbonyl (C=O) groups excluding carboxylic acids is 1. The molecule has 24 heavy (non-hydrogen) atoms. The van der Waals surface area contributed by atoms with Gasteiger partial charge in [-0.15, -0.1) is 0 Å². The van der Waals surface area contributed by atoms with Crippen molar-refractivity contribution in [3.8, 4) is 0 Å². The van der Waals surface area contributed by atoms with Gasteiger partial charge in [-0.05, 0) is 56.2 Å². The molecule has 128 valence electrons. The zero-order valence-electron chi connectivity index (χ0n) is 13.4. The average Bonchev–Trinajstić information content (AvgIpc) is 3.06. The number of carboxylic acid groups (broad SMARTS) is 1. The second-order valence-electron chi connectivity index (χ2n) is 6.28. The van der Waals surface area contributed by atoms with Crippen molar-refractivity contribution in [2.75, 3.05) is 11.9 Å². The lowest BCUT2D eigenvalue weighted by Crippen LogP contribution is -2.42. The van der Waals surface area contributed by atoms with E-state index in [9.17, 15) is 14.7 Å². The summed E-state index contributed by atoms with van der Waals surface area (Å²) >= 11 is 6.10. The van der Waals surface area contributed by atoms with Crippen molar-refractivity contribution in [2.24, 2.45) is 0 Å². The SMILES string of the molecule is O=C(O)C1CCCN1C(=O)Nc1cc(Cl)ccc1C1=CCCCC1. The van der Waals surface area contributed by atoms with Crippen LogP contribution in [0.25, 0.3) is 5.57 Å². The molecule has 1 aromatic carbocycles. The Kier molecular flexibility index (Phi) is 5.09. The molecular weight excluding hydrogens is 328 g/mol. The molecule has 0 bridgehead atoms. The molecule has 1 saturated heterocycles. The fourth-order valence-corrected chi connectivity index (χ4v) is 3.61. The van der Waals surface area contributed by atoms with Gasteiger partial charge in [0.05, 0.1) is 5.69 Å². The number of nitrogens with zero attached hydrogens (tertiary/aromatic N) is 1. The van der Waals surface area contributed by atoms with E-state index in [4.69, 9.17) is 11.6 Å². The fraction of sp³-hybridized carbons (Fsp3) is 0.444. The van der Waals surface area contributed by atoms with Crippen LogP contribution >= 0.6 is 11.6 Å². The molecule has 3 rings (SSSR count). The highest BCUT2D eigenvalue weighted by Gasteiger charge is 2.34. The highest BCUT2D eigenvalue weighted by Crippen LogP contribution is 2.33. The van der Waals surface area contributed by atoms with Gasteiger partial charge in [-0.3, -0.25) is 0 Å². The summed E-state index contributed by atoms with van der Waals surface area (Å²) in [6.07, 6.45) is 7.75. The minimum atomic E-state index is -0.955. The van der Waals surface area contributed by atoms with Gasteiger partial charge in [-0.25, -0.2) is 9.59 Å². The smallest absolute Gasteiger partial charge is 0.326 e. The number of urea groups is 1. The number of carboxylic acids is 1. The van der Waals surface area contributed by atoms with Crippen molar-refractivity contribution in [1.82, 2.24) is 4.90 Å². The third-order valence-electron chi connectivity index (χ3n) is 4.66. The monoisotopic (exact) mass is 348 g/mol. The number of rotatable bonds is 3. The number of hydrogen-bond acceptors (Lipinski definition) is 2. The van der Waals surface area contributed by atoms with Crippen LogP contribution in [-0.4, -0.2) is 34.6 Å². The molecule has 0 radical (unpaired) electrons. The Hall–Kier alpha value is -2.01. The maximum atomic E-state index is 12.6. The lowest BCUT2D eigenvalue weighted by molar-refractivity contribution is -0.141. The van der Waals surface area contributed by atoms with Crippen molar-refractivity contribution >= 4 is 34.9 Å². The summed E-state index contributed by atoms with van der Waals surface area (Å²) in [6, 6.07) is 4.35. The second kappa shape index (κ2) is 7.26. The molecule has 1 unspecified atom stereocenters.